The van der Waals surface area contributed by atoms with Crippen LogP contribution >= 0.6 is 0 Å². The molecule has 0 bridgehead atoms. The van der Waals surface area contributed by atoms with Gasteiger partial charge in [-0.25, -0.2) is 9.07 Å². The standard InChI is InChI=1S/C18H17FN4O/c1-13-17(18(24)20-11-15-8-5-9-16(19)10-15)21-22-23(13)12-14-6-3-2-4-7-14/h2-10H,11-12H2,1H3,(H,20,24). The number of carbonyl (C=O) groups is 1. The lowest BCUT2D eigenvalue weighted by molar-refractivity contribution is 0.0945. The first-order valence-corrected chi connectivity index (χ1v) is 7.60. The lowest BCUT2D eigenvalue weighted by Gasteiger charge is -2.05. The molecule has 2 aromatic carbocycles. The van der Waals surface area contributed by atoms with Crippen molar-refractivity contribution in [2.75, 3.05) is 0 Å². The highest BCUT2D eigenvalue weighted by atomic mass is 19.1. The lowest BCUT2D eigenvalue weighted by Crippen LogP contribution is -2.24. The van der Waals surface area contributed by atoms with Gasteiger partial charge in [0.1, 0.15) is 5.82 Å². The summed E-state index contributed by atoms with van der Waals surface area (Å²) in [5.41, 5.74) is 2.74. The van der Waals surface area contributed by atoms with Crippen LogP contribution in [-0.4, -0.2) is 20.9 Å². The van der Waals surface area contributed by atoms with Crippen molar-refractivity contribution >= 4 is 5.91 Å². The van der Waals surface area contributed by atoms with Gasteiger partial charge in [0.05, 0.1) is 12.2 Å². The molecule has 24 heavy (non-hydrogen) atoms. The van der Waals surface area contributed by atoms with Crippen LogP contribution in [0.3, 0.4) is 0 Å². The highest BCUT2D eigenvalue weighted by Crippen LogP contribution is 2.09. The van der Waals surface area contributed by atoms with E-state index in [4.69, 9.17) is 0 Å². The number of nitrogens with zero attached hydrogens (tertiary/aromatic N) is 3. The van der Waals surface area contributed by atoms with Crippen molar-refractivity contribution in [1.29, 1.82) is 0 Å². The highest BCUT2D eigenvalue weighted by molar-refractivity contribution is 5.93. The summed E-state index contributed by atoms with van der Waals surface area (Å²) in [6, 6.07) is 16.0. The molecule has 0 radical (unpaired) electrons. The third-order valence-electron chi connectivity index (χ3n) is 3.71. The number of aromatic nitrogens is 3. The van der Waals surface area contributed by atoms with Gasteiger partial charge in [-0.15, -0.1) is 5.10 Å². The minimum atomic E-state index is -0.327. The first kappa shape index (κ1) is 15.9. The Morgan fingerprint density at radius 3 is 2.62 bits per heavy atom. The van der Waals surface area contributed by atoms with E-state index in [2.05, 4.69) is 15.6 Å². The summed E-state index contributed by atoms with van der Waals surface area (Å²) in [5.74, 6) is -0.650. The Morgan fingerprint density at radius 2 is 1.88 bits per heavy atom. The van der Waals surface area contributed by atoms with Crippen LogP contribution in [0.15, 0.2) is 54.6 Å². The molecule has 1 N–H and O–H groups in total. The van der Waals surface area contributed by atoms with E-state index in [1.807, 2.05) is 30.3 Å². The minimum Gasteiger partial charge on any atom is -0.347 e. The van der Waals surface area contributed by atoms with E-state index in [9.17, 15) is 9.18 Å². The van der Waals surface area contributed by atoms with Gasteiger partial charge in [0.2, 0.25) is 0 Å². The predicted molar refractivity (Wildman–Crippen MR) is 87.9 cm³/mol. The summed E-state index contributed by atoms with van der Waals surface area (Å²) < 4.78 is 14.8. The Hall–Kier alpha value is -3.02. The second-order valence-electron chi connectivity index (χ2n) is 5.48. The van der Waals surface area contributed by atoms with E-state index < -0.39 is 0 Å². The molecule has 0 fully saturated rings. The van der Waals surface area contributed by atoms with Gasteiger partial charge in [0, 0.05) is 6.54 Å². The van der Waals surface area contributed by atoms with E-state index in [1.165, 1.54) is 12.1 Å². The average molecular weight is 324 g/mol. The number of amides is 1. The zero-order valence-electron chi connectivity index (χ0n) is 13.2. The van der Waals surface area contributed by atoms with Gasteiger partial charge < -0.3 is 5.32 Å². The topological polar surface area (TPSA) is 59.8 Å². The maximum atomic E-state index is 13.2. The molecular formula is C18H17FN4O. The second-order valence-corrected chi connectivity index (χ2v) is 5.48. The summed E-state index contributed by atoms with van der Waals surface area (Å²) in [6.45, 7) is 2.60. The van der Waals surface area contributed by atoms with Gasteiger partial charge in [-0.05, 0) is 30.2 Å². The average Bonchev–Trinajstić information content (AvgIpc) is 2.95. The lowest BCUT2D eigenvalue weighted by atomic mass is 10.2. The molecule has 1 amide bonds. The number of benzene rings is 2. The van der Waals surface area contributed by atoms with Gasteiger partial charge in [-0.2, -0.15) is 0 Å². The quantitative estimate of drug-likeness (QED) is 0.785. The zero-order chi connectivity index (χ0) is 16.9. The molecule has 0 saturated carbocycles. The minimum absolute atomic E-state index is 0.238. The van der Waals surface area contributed by atoms with Crippen LogP contribution in [0.5, 0.6) is 0 Å². The molecule has 0 spiro atoms. The fourth-order valence-electron chi connectivity index (χ4n) is 2.39. The molecule has 0 saturated heterocycles. The number of carbonyl (C=O) groups excluding carboxylic acids is 1. The maximum Gasteiger partial charge on any atom is 0.274 e. The molecule has 0 atom stereocenters. The molecule has 0 unspecified atom stereocenters. The van der Waals surface area contributed by atoms with E-state index in [0.717, 1.165) is 5.56 Å². The Bertz CT molecular complexity index is 845. The smallest absolute Gasteiger partial charge is 0.274 e. The van der Waals surface area contributed by atoms with Gasteiger partial charge in [0.25, 0.3) is 5.91 Å². The van der Waals surface area contributed by atoms with Crippen LogP contribution in [0.4, 0.5) is 4.39 Å². The van der Waals surface area contributed by atoms with E-state index in [0.29, 0.717) is 17.8 Å². The van der Waals surface area contributed by atoms with Gasteiger partial charge in [-0.3, -0.25) is 4.79 Å². The van der Waals surface area contributed by atoms with Crippen LogP contribution in [0.25, 0.3) is 0 Å². The molecule has 3 aromatic rings. The summed E-state index contributed by atoms with van der Waals surface area (Å²) in [5, 5.41) is 10.8. The molecular weight excluding hydrogens is 307 g/mol. The molecule has 1 aromatic heterocycles. The van der Waals surface area contributed by atoms with Gasteiger partial charge >= 0.3 is 0 Å². The first-order chi connectivity index (χ1) is 11.6. The Balaban J connectivity index is 1.67. The van der Waals surface area contributed by atoms with Crippen molar-refractivity contribution in [3.8, 4) is 0 Å². The van der Waals surface area contributed by atoms with E-state index in [-0.39, 0.29) is 24.0 Å². The Kier molecular flexibility index (Phi) is 4.65. The first-order valence-electron chi connectivity index (χ1n) is 7.60. The molecule has 0 aliphatic carbocycles. The van der Waals surface area contributed by atoms with Crippen molar-refractivity contribution in [3.63, 3.8) is 0 Å². The van der Waals surface area contributed by atoms with Crippen molar-refractivity contribution in [2.45, 2.75) is 20.0 Å². The predicted octanol–water partition coefficient (Wildman–Crippen LogP) is 2.70. The largest absolute Gasteiger partial charge is 0.347 e. The third-order valence-corrected chi connectivity index (χ3v) is 3.71. The monoisotopic (exact) mass is 324 g/mol. The van der Waals surface area contributed by atoms with E-state index in [1.54, 1.807) is 23.7 Å². The van der Waals surface area contributed by atoms with Gasteiger partial charge in [0.15, 0.2) is 5.69 Å². The number of halogens is 1. The number of nitrogens with one attached hydrogen (secondary N) is 1. The number of hydrogen-bond donors (Lipinski definition) is 1. The van der Waals surface area contributed by atoms with E-state index >= 15 is 0 Å². The van der Waals surface area contributed by atoms with Crippen LogP contribution in [0.2, 0.25) is 0 Å². The zero-order valence-corrected chi connectivity index (χ0v) is 13.2. The SMILES string of the molecule is Cc1c(C(=O)NCc2cccc(F)c2)nnn1Cc1ccccc1. The fourth-order valence-corrected chi connectivity index (χ4v) is 2.39. The van der Waals surface area contributed by atoms with Crippen LogP contribution in [-0.2, 0) is 13.1 Å². The van der Waals surface area contributed by atoms with Crippen molar-refractivity contribution in [1.82, 2.24) is 20.3 Å². The van der Waals surface area contributed by atoms with Crippen LogP contribution in [0, 0.1) is 12.7 Å². The number of rotatable bonds is 5. The summed E-state index contributed by atoms with van der Waals surface area (Å²) in [6.07, 6.45) is 0. The third kappa shape index (κ3) is 3.65. The maximum absolute atomic E-state index is 13.2. The van der Waals surface area contributed by atoms with Gasteiger partial charge in [-0.1, -0.05) is 47.7 Å². The summed E-state index contributed by atoms with van der Waals surface area (Å²) >= 11 is 0. The molecule has 0 aliphatic heterocycles. The molecule has 1 heterocycles. The van der Waals surface area contributed by atoms with Crippen LogP contribution < -0.4 is 5.32 Å². The molecule has 3 rings (SSSR count). The van der Waals surface area contributed by atoms with Crippen LogP contribution in [0.1, 0.15) is 27.3 Å². The van der Waals surface area contributed by atoms with Crippen molar-refractivity contribution < 1.29 is 9.18 Å². The second kappa shape index (κ2) is 7.04. The number of hydrogen-bond acceptors (Lipinski definition) is 3. The summed E-state index contributed by atoms with van der Waals surface area (Å²) in [4.78, 5) is 12.3. The fraction of sp³-hybridized carbons (Fsp3) is 0.167. The Morgan fingerprint density at radius 1 is 1.12 bits per heavy atom. The Labute approximate surface area is 139 Å². The van der Waals surface area contributed by atoms with Crippen molar-refractivity contribution in [2.24, 2.45) is 0 Å². The normalized spacial score (nSPS) is 10.6. The highest BCUT2D eigenvalue weighted by Gasteiger charge is 2.16. The molecule has 0 aliphatic rings. The molecule has 6 heteroatoms. The van der Waals surface area contributed by atoms with Crippen molar-refractivity contribution in [3.05, 3.63) is 82.9 Å². The molecule has 122 valence electrons. The summed E-state index contributed by atoms with van der Waals surface area (Å²) in [7, 11) is 0. The molecule has 5 nitrogen and oxygen atoms in total.